The summed E-state index contributed by atoms with van der Waals surface area (Å²) < 4.78 is 1.11. The van der Waals surface area contributed by atoms with E-state index in [0.29, 0.717) is 14.4 Å². The molecule has 10 heteroatoms. The number of carbonyl (C=O) groups is 2. The molecule has 0 radical (unpaired) electrons. The van der Waals surface area contributed by atoms with Gasteiger partial charge in [-0.25, -0.2) is 0 Å². The number of hydrogen-bond acceptors (Lipinski definition) is 8. The number of nitrogens with zero attached hydrogens (tertiary/aromatic N) is 3. The summed E-state index contributed by atoms with van der Waals surface area (Å²) in [4.78, 5) is 27.1. The van der Waals surface area contributed by atoms with Crippen LogP contribution in [-0.4, -0.2) is 43.5 Å². The largest absolute Gasteiger partial charge is 0.299 e. The van der Waals surface area contributed by atoms with Crippen molar-refractivity contribution in [1.82, 2.24) is 15.1 Å². The first-order valence-corrected chi connectivity index (χ1v) is 13.3. The number of benzene rings is 2. The maximum atomic E-state index is 12.8. The molecule has 34 heavy (non-hydrogen) atoms. The Bertz CT molecular complexity index is 1250. The quantitative estimate of drug-likeness (QED) is 0.181. The van der Waals surface area contributed by atoms with Crippen molar-refractivity contribution in [3.05, 3.63) is 82.3 Å². The number of carbonyl (C=O) groups excluding carboxylic acids is 2. The van der Waals surface area contributed by atoms with Gasteiger partial charge < -0.3 is 0 Å². The third-order valence-corrected chi connectivity index (χ3v) is 7.92. The zero-order chi connectivity index (χ0) is 23.9. The van der Waals surface area contributed by atoms with Crippen LogP contribution in [-0.2, 0) is 9.59 Å². The summed E-state index contributed by atoms with van der Waals surface area (Å²) in [6, 6.07) is 17.9. The molecule has 2 heterocycles. The molecule has 1 fully saturated rings. The Morgan fingerprint density at radius 2 is 1.88 bits per heavy atom. The van der Waals surface area contributed by atoms with E-state index >= 15 is 0 Å². The van der Waals surface area contributed by atoms with Crippen molar-refractivity contribution in [2.45, 2.75) is 11.3 Å². The van der Waals surface area contributed by atoms with E-state index in [9.17, 15) is 9.59 Å². The lowest BCUT2D eigenvalue weighted by molar-refractivity contribution is -0.126. The van der Waals surface area contributed by atoms with Crippen LogP contribution in [0.25, 0.3) is 12.2 Å². The molecule has 3 aromatic rings. The fourth-order valence-corrected chi connectivity index (χ4v) is 5.80. The van der Waals surface area contributed by atoms with Crippen molar-refractivity contribution in [2.24, 2.45) is 0 Å². The first-order valence-electron chi connectivity index (χ1n) is 10.3. The number of thioether (sulfide) groups is 2. The van der Waals surface area contributed by atoms with Gasteiger partial charge in [-0.05, 0) is 24.1 Å². The topological polar surface area (TPSA) is 75.2 Å². The van der Waals surface area contributed by atoms with Gasteiger partial charge in [-0.1, -0.05) is 119 Å². The summed E-state index contributed by atoms with van der Waals surface area (Å²) in [5.74, 6) is 0.0930. The number of nitrogens with one attached hydrogen (secondary N) is 1. The molecule has 0 spiro atoms. The lowest BCUT2D eigenvalue weighted by Gasteiger charge is -2.13. The molecule has 0 bridgehead atoms. The minimum absolute atomic E-state index is 0.169. The van der Waals surface area contributed by atoms with E-state index < -0.39 is 0 Å². The molecule has 2 amide bonds. The molecule has 6 nitrogen and oxygen atoms in total. The van der Waals surface area contributed by atoms with E-state index in [1.165, 1.54) is 39.8 Å². The Hall–Kier alpha value is -2.79. The summed E-state index contributed by atoms with van der Waals surface area (Å²) in [6.07, 6.45) is 5.89. The van der Waals surface area contributed by atoms with Crippen LogP contribution in [0.2, 0.25) is 0 Å². The molecule has 1 aliphatic heterocycles. The van der Waals surface area contributed by atoms with Crippen molar-refractivity contribution >= 4 is 80.5 Å². The smallest absolute Gasteiger partial charge is 0.266 e. The monoisotopic (exact) mass is 524 g/mol. The third kappa shape index (κ3) is 6.63. The highest BCUT2D eigenvalue weighted by molar-refractivity contribution is 8.26. The SMILES string of the molecule is Cc1ccc(/C=C2/SC(=S)N(CC(=O)Nc3nnc(SC/C=C/c4ccccc4)s3)C2=O)cc1. The molecule has 4 rings (SSSR count). The maximum absolute atomic E-state index is 12.8. The Balaban J connectivity index is 1.28. The third-order valence-electron chi connectivity index (χ3n) is 4.62. The van der Waals surface area contributed by atoms with E-state index in [2.05, 4.69) is 21.6 Å². The molecule has 1 saturated heterocycles. The molecule has 0 saturated carbocycles. The van der Waals surface area contributed by atoms with E-state index in [4.69, 9.17) is 12.2 Å². The van der Waals surface area contributed by atoms with E-state index in [1.54, 1.807) is 6.08 Å². The number of amides is 2. The predicted octanol–water partition coefficient (Wildman–Crippen LogP) is 5.49. The number of thiocarbonyl (C=S) groups is 1. The van der Waals surface area contributed by atoms with Gasteiger partial charge in [0.15, 0.2) is 4.34 Å². The summed E-state index contributed by atoms with van der Waals surface area (Å²) in [5, 5.41) is 11.2. The van der Waals surface area contributed by atoms with Gasteiger partial charge in [-0.2, -0.15) is 0 Å². The molecular weight excluding hydrogens is 505 g/mol. The van der Waals surface area contributed by atoms with Crippen LogP contribution in [0.15, 0.2) is 69.9 Å². The molecular formula is C24H20N4O2S4. The fraction of sp³-hybridized carbons (Fsp3) is 0.125. The van der Waals surface area contributed by atoms with Crippen molar-refractivity contribution in [3.8, 4) is 0 Å². The van der Waals surface area contributed by atoms with Crippen molar-refractivity contribution in [1.29, 1.82) is 0 Å². The highest BCUT2D eigenvalue weighted by Gasteiger charge is 2.33. The predicted molar refractivity (Wildman–Crippen MR) is 146 cm³/mol. The summed E-state index contributed by atoms with van der Waals surface area (Å²) >= 11 is 9.35. The van der Waals surface area contributed by atoms with E-state index in [1.807, 2.05) is 67.6 Å². The van der Waals surface area contributed by atoms with Crippen molar-refractivity contribution < 1.29 is 9.59 Å². The summed E-state index contributed by atoms with van der Waals surface area (Å²) in [6.45, 7) is 1.84. The zero-order valence-corrected chi connectivity index (χ0v) is 21.4. The van der Waals surface area contributed by atoms with Crippen LogP contribution < -0.4 is 5.32 Å². The summed E-state index contributed by atoms with van der Waals surface area (Å²) in [7, 11) is 0. The zero-order valence-electron chi connectivity index (χ0n) is 18.1. The molecule has 1 aliphatic rings. The first kappa shape index (κ1) is 24.3. The number of anilines is 1. The van der Waals surface area contributed by atoms with Gasteiger partial charge in [0.25, 0.3) is 5.91 Å². The Kier molecular flexibility index (Phi) is 8.28. The van der Waals surface area contributed by atoms with Crippen LogP contribution in [0.4, 0.5) is 5.13 Å². The Morgan fingerprint density at radius 3 is 2.65 bits per heavy atom. The molecule has 0 atom stereocenters. The second-order valence-corrected chi connectivity index (χ2v) is 11.1. The molecule has 1 aromatic heterocycles. The second kappa shape index (κ2) is 11.6. The molecule has 1 N–H and O–H groups in total. The maximum Gasteiger partial charge on any atom is 0.266 e. The van der Waals surface area contributed by atoms with Gasteiger partial charge in [0.1, 0.15) is 10.9 Å². The molecule has 172 valence electrons. The molecule has 2 aromatic carbocycles. The standard InChI is InChI=1S/C24H20N4O2S4/c1-16-9-11-18(12-10-16)14-19-21(30)28(24(31)33-19)15-20(29)25-22-26-27-23(34-22)32-13-5-8-17-6-3-2-4-7-17/h2-12,14H,13,15H2,1H3,(H,25,26,29)/b8-5+,19-14+. The first-order chi connectivity index (χ1) is 16.5. The van der Waals surface area contributed by atoms with Gasteiger partial charge in [0, 0.05) is 5.75 Å². The molecule has 0 unspecified atom stereocenters. The second-order valence-electron chi connectivity index (χ2n) is 7.22. The Morgan fingerprint density at radius 1 is 1.12 bits per heavy atom. The normalized spacial score (nSPS) is 15.0. The van der Waals surface area contributed by atoms with Gasteiger partial charge in [-0.3, -0.25) is 19.8 Å². The number of aryl methyl sites for hydroxylation is 1. The minimum Gasteiger partial charge on any atom is -0.299 e. The van der Waals surface area contributed by atoms with Crippen molar-refractivity contribution in [2.75, 3.05) is 17.6 Å². The van der Waals surface area contributed by atoms with E-state index in [0.717, 1.165) is 26.8 Å². The highest BCUT2D eigenvalue weighted by Crippen LogP contribution is 2.32. The summed E-state index contributed by atoms with van der Waals surface area (Å²) in [5.41, 5.74) is 3.19. The number of rotatable bonds is 8. The van der Waals surface area contributed by atoms with Crippen LogP contribution in [0, 0.1) is 6.92 Å². The number of aromatic nitrogens is 2. The molecule has 0 aliphatic carbocycles. The van der Waals surface area contributed by atoms with E-state index in [-0.39, 0.29) is 18.4 Å². The average molecular weight is 525 g/mol. The van der Waals surface area contributed by atoms with Crippen LogP contribution >= 0.6 is 47.1 Å². The van der Waals surface area contributed by atoms with Crippen LogP contribution in [0.5, 0.6) is 0 Å². The van der Waals surface area contributed by atoms with Crippen LogP contribution in [0.3, 0.4) is 0 Å². The van der Waals surface area contributed by atoms with Gasteiger partial charge >= 0.3 is 0 Å². The lowest BCUT2D eigenvalue weighted by atomic mass is 10.1. The van der Waals surface area contributed by atoms with Gasteiger partial charge in [-0.15, -0.1) is 10.2 Å². The van der Waals surface area contributed by atoms with Gasteiger partial charge in [0.2, 0.25) is 11.0 Å². The number of hydrogen-bond donors (Lipinski definition) is 1. The van der Waals surface area contributed by atoms with Crippen LogP contribution in [0.1, 0.15) is 16.7 Å². The Labute approximate surface area is 215 Å². The highest BCUT2D eigenvalue weighted by atomic mass is 32.2. The van der Waals surface area contributed by atoms with Crippen molar-refractivity contribution in [3.63, 3.8) is 0 Å². The van der Waals surface area contributed by atoms with Gasteiger partial charge in [0.05, 0.1) is 4.91 Å². The lowest BCUT2D eigenvalue weighted by Crippen LogP contribution is -2.36. The minimum atomic E-state index is -0.371. The average Bonchev–Trinajstić information content (AvgIpc) is 3.38. The fourth-order valence-electron chi connectivity index (χ4n) is 2.94.